The first-order valence-corrected chi connectivity index (χ1v) is 6.08. The molecular formula is C11H24N4O. The first-order chi connectivity index (χ1) is 7.61. The molecular weight excluding hydrogens is 204 g/mol. The molecule has 5 nitrogen and oxygen atoms in total. The summed E-state index contributed by atoms with van der Waals surface area (Å²) in [6, 6.07) is 0.401. The molecule has 1 atom stereocenters. The van der Waals surface area contributed by atoms with Crippen molar-refractivity contribution in [2.75, 3.05) is 39.8 Å². The molecule has 0 bridgehead atoms. The number of likely N-dealkylation sites (N-methyl/N-ethyl adjacent to an activating group) is 1. The second-order valence-corrected chi connectivity index (χ2v) is 4.52. The van der Waals surface area contributed by atoms with Gasteiger partial charge in [-0.2, -0.15) is 0 Å². The number of carbonyl (C=O) groups excluding carboxylic acids is 1. The van der Waals surface area contributed by atoms with Crippen LogP contribution in [0.25, 0.3) is 0 Å². The zero-order valence-corrected chi connectivity index (χ0v) is 10.6. The van der Waals surface area contributed by atoms with E-state index in [1.807, 2.05) is 5.01 Å². The molecule has 0 saturated carbocycles. The lowest BCUT2D eigenvalue weighted by Crippen LogP contribution is -2.54. The van der Waals surface area contributed by atoms with E-state index in [0.717, 1.165) is 32.6 Å². The third kappa shape index (κ3) is 4.92. The number of carbonyl (C=O) groups is 1. The van der Waals surface area contributed by atoms with Crippen molar-refractivity contribution in [1.29, 1.82) is 0 Å². The number of piperazine rings is 1. The fourth-order valence-corrected chi connectivity index (χ4v) is 1.55. The van der Waals surface area contributed by atoms with Gasteiger partial charge < -0.3 is 10.2 Å². The van der Waals surface area contributed by atoms with Crippen LogP contribution in [0.4, 0.5) is 0 Å². The Labute approximate surface area is 98.1 Å². The smallest absolute Gasteiger partial charge is 0.248 e. The Hall–Kier alpha value is -0.650. The summed E-state index contributed by atoms with van der Waals surface area (Å²) in [6.07, 6.45) is 1.04. The van der Waals surface area contributed by atoms with Gasteiger partial charge in [0.25, 0.3) is 0 Å². The predicted octanol–water partition coefficient (Wildman–Crippen LogP) is -0.347. The van der Waals surface area contributed by atoms with E-state index in [-0.39, 0.29) is 5.91 Å². The molecule has 1 unspecified atom stereocenters. The van der Waals surface area contributed by atoms with Crippen LogP contribution < -0.4 is 10.7 Å². The first kappa shape index (κ1) is 13.4. The maximum atomic E-state index is 11.6. The largest absolute Gasteiger partial charge is 0.306 e. The molecule has 1 saturated heterocycles. The maximum absolute atomic E-state index is 11.6. The molecule has 1 heterocycles. The number of hydrazine groups is 1. The van der Waals surface area contributed by atoms with Gasteiger partial charge in [-0.3, -0.25) is 10.2 Å². The molecule has 94 valence electrons. The van der Waals surface area contributed by atoms with Crippen molar-refractivity contribution in [3.8, 4) is 0 Å². The van der Waals surface area contributed by atoms with Crippen LogP contribution in [0.5, 0.6) is 0 Å². The number of nitrogens with one attached hydrogen (secondary N) is 2. The fraction of sp³-hybridized carbons (Fsp3) is 0.909. The van der Waals surface area contributed by atoms with Gasteiger partial charge in [-0.1, -0.05) is 6.92 Å². The van der Waals surface area contributed by atoms with Crippen molar-refractivity contribution >= 4 is 5.91 Å². The Morgan fingerprint density at radius 2 is 1.94 bits per heavy atom. The molecule has 0 aliphatic carbocycles. The van der Waals surface area contributed by atoms with Crippen LogP contribution >= 0.6 is 0 Å². The Kier molecular flexibility index (Phi) is 5.73. The Balaban J connectivity index is 2.14. The zero-order chi connectivity index (χ0) is 12.0. The van der Waals surface area contributed by atoms with Crippen molar-refractivity contribution in [1.82, 2.24) is 20.7 Å². The van der Waals surface area contributed by atoms with E-state index < -0.39 is 0 Å². The molecule has 0 aromatic carbocycles. The summed E-state index contributed by atoms with van der Waals surface area (Å²) >= 11 is 0. The lowest BCUT2D eigenvalue weighted by Gasteiger charge is -2.32. The summed E-state index contributed by atoms with van der Waals surface area (Å²) in [5.41, 5.74) is 2.92. The van der Waals surface area contributed by atoms with E-state index >= 15 is 0 Å². The van der Waals surface area contributed by atoms with E-state index in [2.05, 4.69) is 36.5 Å². The van der Waals surface area contributed by atoms with Crippen LogP contribution in [0, 0.1) is 0 Å². The van der Waals surface area contributed by atoms with Gasteiger partial charge in [0.2, 0.25) is 5.91 Å². The number of nitrogens with zero attached hydrogens (tertiary/aromatic N) is 2. The second-order valence-electron chi connectivity index (χ2n) is 4.52. The number of amides is 1. The number of hydrogen-bond acceptors (Lipinski definition) is 4. The highest BCUT2D eigenvalue weighted by Gasteiger charge is 2.15. The zero-order valence-electron chi connectivity index (χ0n) is 10.6. The molecule has 1 amide bonds. The standard InChI is InChI=1S/C11H24N4O/c1-4-10(2)12-9-11(16)13-15-7-5-14(3)6-8-15/h10,12H,4-9H2,1-3H3,(H,13,16). The minimum absolute atomic E-state index is 0.0600. The minimum Gasteiger partial charge on any atom is -0.306 e. The van der Waals surface area contributed by atoms with E-state index in [0.29, 0.717) is 12.6 Å². The second kappa shape index (κ2) is 6.83. The van der Waals surface area contributed by atoms with Crippen molar-refractivity contribution in [3.05, 3.63) is 0 Å². The molecule has 1 aliphatic heterocycles. The van der Waals surface area contributed by atoms with Crippen LogP contribution in [0.1, 0.15) is 20.3 Å². The van der Waals surface area contributed by atoms with E-state index in [4.69, 9.17) is 0 Å². The monoisotopic (exact) mass is 228 g/mol. The van der Waals surface area contributed by atoms with Gasteiger partial charge in [-0.25, -0.2) is 5.01 Å². The van der Waals surface area contributed by atoms with Crippen molar-refractivity contribution in [2.24, 2.45) is 0 Å². The lowest BCUT2D eigenvalue weighted by atomic mass is 10.2. The molecule has 1 aliphatic rings. The van der Waals surface area contributed by atoms with Crippen molar-refractivity contribution in [2.45, 2.75) is 26.3 Å². The number of hydrogen-bond donors (Lipinski definition) is 2. The summed E-state index contributed by atoms with van der Waals surface area (Å²) in [7, 11) is 2.10. The summed E-state index contributed by atoms with van der Waals surface area (Å²) in [6.45, 7) is 8.44. The van der Waals surface area contributed by atoms with Crippen molar-refractivity contribution in [3.63, 3.8) is 0 Å². The van der Waals surface area contributed by atoms with E-state index in [1.165, 1.54) is 0 Å². The van der Waals surface area contributed by atoms with Gasteiger partial charge in [-0.05, 0) is 20.4 Å². The quantitative estimate of drug-likeness (QED) is 0.675. The normalized spacial score (nSPS) is 20.7. The summed E-state index contributed by atoms with van der Waals surface area (Å²) in [4.78, 5) is 13.8. The van der Waals surface area contributed by atoms with Crippen LogP contribution in [-0.4, -0.2) is 61.6 Å². The molecule has 1 fully saturated rings. The minimum atomic E-state index is 0.0600. The Morgan fingerprint density at radius 1 is 1.31 bits per heavy atom. The van der Waals surface area contributed by atoms with Gasteiger partial charge >= 0.3 is 0 Å². The molecule has 0 aromatic heterocycles. The topological polar surface area (TPSA) is 47.6 Å². The molecule has 1 rings (SSSR count). The molecule has 0 spiro atoms. The van der Waals surface area contributed by atoms with E-state index in [9.17, 15) is 4.79 Å². The van der Waals surface area contributed by atoms with Gasteiger partial charge in [0.05, 0.1) is 6.54 Å². The summed E-state index contributed by atoms with van der Waals surface area (Å²) in [5.74, 6) is 0.0600. The average molecular weight is 228 g/mol. The van der Waals surface area contributed by atoms with Gasteiger partial charge in [-0.15, -0.1) is 0 Å². The number of rotatable bonds is 5. The molecule has 2 N–H and O–H groups in total. The van der Waals surface area contributed by atoms with Crippen LogP contribution in [0.3, 0.4) is 0 Å². The lowest BCUT2D eigenvalue weighted by molar-refractivity contribution is -0.125. The van der Waals surface area contributed by atoms with Gasteiger partial charge in [0, 0.05) is 32.2 Å². The molecule has 0 radical (unpaired) electrons. The summed E-state index contributed by atoms with van der Waals surface area (Å²) < 4.78 is 0. The van der Waals surface area contributed by atoms with Crippen molar-refractivity contribution < 1.29 is 4.79 Å². The van der Waals surface area contributed by atoms with Gasteiger partial charge in [0.15, 0.2) is 0 Å². The molecule has 0 aromatic rings. The van der Waals surface area contributed by atoms with E-state index in [1.54, 1.807) is 0 Å². The highest BCUT2D eigenvalue weighted by atomic mass is 16.2. The molecule has 16 heavy (non-hydrogen) atoms. The highest BCUT2D eigenvalue weighted by Crippen LogP contribution is 1.95. The fourth-order valence-electron chi connectivity index (χ4n) is 1.55. The predicted molar refractivity (Wildman–Crippen MR) is 65.0 cm³/mol. The average Bonchev–Trinajstić information content (AvgIpc) is 2.29. The maximum Gasteiger partial charge on any atom is 0.248 e. The third-order valence-electron chi connectivity index (χ3n) is 3.01. The SMILES string of the molecule is CCC(C)NCC(=O)NN1CCN(C)CC1. The third-order valence-corrected chi connectivity index (χ3v) is 3.01. The summed E-state index contributed by atoms with van der Waals surface area (Å²) in [5, 5.41) is 5.18. The van der Waals surface area contributed by atoms with Gasteiger partial charge in [0.1, 0.15) is 0 Å². The Morgan fingerprint density at radius 3 is 2.50 bits per heavy atom. The van der Waals surface area contributed by atoms with Crippen LogP contribution in [-0.2, 0) is 4.79 Å². The highest BCUT2D eigenvalue weighted by molar-refractivity contribution is 5.77. The molecule has 5 heteroatoms. The first-order valence-electron chi connectivity index (χ1n) is 6.08. The van der Waals surface area contributed by atoms with Crippen LogP contribution in [0.15, 0.2) is 0 Å². The van der Waals surface area contributed by atoms with Crippen LogP contribution in [0.2, 0.25) is 0 Å². The Bertz CT molecular complexity index is 214.